The largest absolute Gasteiger partial charge is 0.486 e. The molecule has 0 amide bonds. The van der Waals surface area contributed by atoms with Crippen molar-refractivity contribution >= 4 is 0 Å². The highest BCUT2D eigenvalue weighted by Gasteiger charge is 2.20. The highest BCUT2D eigenvalue weighted by Crippen LogP contribution is 2.30. The van der Waals surface area contributed by atoms with E-state index in [2.05, 4.69) is 19.2 Å². The van der Waals surface area contributed by atoms with E-state index in [0.717, 1.165) is 30.5 Å². The van der Waals surface area contributed by atoms with E-state index in [1.807, 2.05) is 24.3 Å². The molecule has 1 aliphatic rings. The Bertz CT molecular complexity index is 363. The van der Waals surface area contributed by atoms with Crippen molar-refractivity contribution < 1.29 is 9.47 Å². The fourth-order valence-electron chi connectivity index (χ4n) is 2.19. The van der Waals surface area contributed by atoms with E-state index in [0.29, 0.717) is 6.61 Å². The first-order chi connectivity index (χ1) is 8.83. The predicted octanol–water partition coefficient (Wildman–Crippen LogP) is 2.85. The van der Waals surface area contributed by atoms with E-state index in [1.165, 1.54) is 12.8 Å². The summed E-state index contributed by atoms with van der Waals surface area (Å²) in [6, 6.07) is 7.85. The Labute approximate surface area is 109 Å². The molecule has 0 saturated heterocycles. The van der Waals surface area contributed by atoms with Crippen LogP contribution in [-0.2, 0) is 0 Å². The summed E-state index contributed by atoms with van der Waals surface area (Å²) in [5.74, 6) is 2.48. The van der Waals surface area contributed by atoms with Crippen LogP contribution in [0.5, 0.6) is 11.5 Å². The third-order valence-electron chi connectivity index (χ3n) is 3.53. The topological polar surface area (TPSA) is 30.5 Å². The molecular formula is C15H23NO2. The molecule has 1 heterocycles. The van der Waals surface area contributed by atoms with Gasteiger partial charge in [-0.2, -0.15) is 0 Å². The van der Waals surface area contributed by atoms with E-state index in [9.17, 15) is 0 Å². The van der Waals surface area contributed by atoms with Crippen molar-refractivity contribution in [3.8, 4) is 11.5 Å². The number of rotatable bonds is 6. The number of para-hydroxylation sites is 2. The quantitative estimate of drug-likeness (QED) is 0.841. The van der Waals surface area contributed by atoms with Crippen LogP contribution in [0.1, 0.15) is 26.7 Å². The molecule has 0 bridgehead atoms. The monoisotopic (exact) mass is 249 g/mol. The summed E-state index contributed by atoms with van der Waals surface area (Å²) in [6.45, 7) is 7.03. The van der Waals surface area contributed by atoms with E-state index in [4.69, 9.17) is 9.47 Å². The SMILES string of the molecule is CCC(CC)CNCC1COc2ccccc2O1. The van der Waals surface area contributed by atoms with E-state index in [1.54, 1.807) is 0 Å². The van der Waals surface area contributed by atoms with Gasteiger partial charge in [0.1, 0.15) is 12.7 Å². The Hall–Kier alpha value is -1.22. The van der Waals surface area contributed by atoms with Crippen LogP contribution >= 0.6 is 0 Å². The molecule has 0 spiro atoms. The zero-order valence-corrected chi connectivity index (χ0v) is 11.3. The van der Waals surface area contributed by atoms with Crippen molar-refractivity contribution in [1.82, 2.24) is 5.32 Å². The van der Waals surface area contributed by atoms with Crippen LogP contribution in [0.4, 0.5) is 0 Å². The second-order valence-electron chi connectivity index (χ2n) is 4.84. The van der Waals surface area contributed by atoms with Gasteiger partial charge in [0.05, 0.1) is 0 Å². The molecule has 1 N–H and O–H groups in total. The van der Waals surface area contributed by atoms with Crippen molar-refractivity contribution in [2.24, 2.45) is 5.92 Å². The van der Waals surface area contributed by atoms with Gasteiger partial charge >= 0.3 is 0 Å². The van der Waals surface area contributed by atoms with Crippen molar-refractivity contribution in [3.63, 3.8) is 0 Å². The third kappa shape index (κ3) is 3.39. The summed E-state index contributed by atoms with van der Waals surface area (Å²) in [5.41, 5.74) is 0. The fraction of sp³-hybridized carbons (Fsp3) is 0.600. The molecule has 18 heavy (non-hydrogen) atoms. The number of fused-ring (bicyclic) bond motifs is 1. The summed E-state index contributed by atoms with van der Waals surface area (Å²) in [5, 5.41) is 3.48. The van der Waals surface area contributed by atoms with Crippen molar-refractivity contribution in [1.29, 1.82) is 0 Å². The molecule has 0 radical (unpaired) electrons. The highest BCUT2D eigenvalue weighted by atomic mass is 16.6. The lowest BCUT2D eigenvalue weighted by atomic mass is 10.0. The van der Waals surface area contributed by atoms with Gasteiger partial charge < -0.3 is 14.8 Å². The van der Waals surface area contributed by atoms with Gasteiger partial charge in [-0.3, -0.25) is 0 Å². The lowest BCUT2D eigenvalue weighted by Crippen LogP contribution is -2.39. The Balaban J connectivity index is 1.76. The molecule has 2 rings (SSSR count). The van der Waals surface area contributed by atoms with Crippen molar-refractivity contribution in [2.45, 2.75) is 32.8 Å². The first-order valence-corrected chi connectivity index (χ1v) is 6.92. The third-order valence-corrected chi connectivity index (χ3v) is 3.53. The van der Waals surface area contributed by atoms with Crippen molar-refractivity contribution in [3.05, 3.63) is 24.3 Å². The van der Waals surface area contributed by atoms with Gasteiger partial charge in [0.15, 0.2) is 11.5 Å². The van der Waals surface area contributed by atoms with E-state index < -0.39 is 0 Å². The number of benzene rings is 1. The average molecular weight is 249 g/mol. The molecule has 100 valence electrons. The van der Waals surface area contributed by atoms with Crippen LogP contribution in [0.3, 0.4) is 0 Å². The van der Waals surface area contributed by atoms with Crippen LogP contribution in [0.2, 0.25) is 0 Å². The number of nitrogens with one attached hydrogen (secondary N) is 1. The van der Waals surface area contributed by atoms with E-state index >= 15 is 0 Å². The second-order valence-corrected chi connectivity index (χ2v) is 4.84. The lowest BCUT2D eigenvalue weighted by molar-refractivity contribution is 0.0896. The molecule has 3 heteroatoms. The summed E-state index contributed by atoms with van der Waals surface area (Å²) >= 11 is 0. The minimum atomic E-state index is 0.120. The molecule has 0 saturated carbocycles. The van der Waals surface area contributed by atoms with Crippen LogP contribution in [0.25, 0.3) is 0 Å². The molecule has 0 aliphatic carbocycles. The smallest absolute Gasteiger partial charge is 0.161 e. The van der Waals surface area contributed by atoms with Gasteiger partial charge in [0.2, 0.25) is 0 Å². The van der Waals surface area contributed by atoms with Gasteiger partial charge in [0.25, 0.3) is 0 Å². The van der Waals surface area contributed by atoms with E-state index in [-0.39, 0.29) is 6.10 Å². The average Bonchev–Trinajstić information content (AvgIpc) is 2.43. The fourth-order valence-corrected chi connectivity index (χ4v) is 2.19. The van der Waals surface area contributed by atoms with Gasteiger partial charge in [-0.15, -0.1) is 0 Å². The first kappa shape index (κ1) is 13.2. The molecule has 0 aromatic heterocycles. The molecule has 1 unspecified atom stereocenters. The summed E-state index contributed by atoms with van der Waals surface area (Å²) in [7, 11) is 0. The summed E-state index contributed by atoms with van der Waals surface area (Å²) < 4.78 is 11.6. The Morgan fingerprint density at radius 2 is 1.94 bits per heavy atom. The maximum Gasteiger partial charge on any atom is 0.161 e. The molecule has 1 aromatic carbocycles. The number of ether oxygens (including phenoxy) is 2. The normalized spacial score (nSPS) is 18.1. The molecule has 1 aromatic rings. The Kier molecular flexibility index (Phi) is 4.88. The predicted molar refractivity (Wildman–Crippen MR) is 73.3 cm³/mol. The maximum absolute atomic E-state index is 5.89. The van der Waals surface area contributed by atoms with Gasteiger partial charge in [-0.25, -0.2) is 0 Å². The van der Waals surface area contributed by atoms with Gasteiger partial charge in [-0.1, -0.05) is 38.8 Å². The zero-order valence-electron chi connectivity index (χ0n) is 11.3. The Morgan fingerprint density at radius 1 is 1.22 bits per heavy atom. The van der Waals surface area contributed by atoms with Gasteiger partial charge in [0, 0.05) is 6.54 Å². The second kappa shape index (κ2) is 6.64. The van der Waals surface area contributed by atoms with Crippen LogP contribution < -0.4 is 14.8 Å². The number of hydrogen-bond donors (Lipinski definition) is 1. The molecule has 1 atom stereocenters. The minimum absolute atomic E-state index is 0.120. The number of hydrogen-bond acceptors (Lipinski definition) is 3. The van der Waals surface area contributed by atoms with Crippen LogP contribution in [0.15, 0.2) is 24.3 Å². The molecule has 3 nitrogen and oxygen atoms in total. The van der Waals surface area contributed by atoms with Crippen molar-refractivity contribution in [2.75, 3.05) is 19.7 Å². The first-order valence-electron chi connectivity index (χ1n) is 6.92. The standard InChI is InChI=1S/C15H23NO2/c1-3-12(4-2)9-16-10-13-11-17-14-7-5-6-8-15(14)18-13/h5-8,12-13,16H,3-4,9-11H2,1-2H3. The summed E-state index contributed by atoms with van der Waals surface area (Å²) in [6.07, 6.45) is 2.58. The highest BCUT2D eigenvalue weighted by molar-refractivity contribution is 5.40. The Morgan fingerprint density at radius 3 is 2.67 bits per heavy atom. The van der Waals surface area contributed by atoms with Gasteiger partial charge in [-0.05, 0) is 24.6 Å². The molecule has 0 fully saturated rings. The lowest BCUT2D eigenvalue weighted by Gasteiger charge is -2.27. The summed E-state index contributed by atoms with van der Waals surface area (Å²) in [4.78, 5) is 0. The molecular weight excluding hydrogens is 226 g/mol. The maximum atomic E-state index is 5.89. The molecule has 1 aliphatic heterocycles. The minimum Gasteiger partial charge on any atom is -0.486 e. The van der Waals surface area contributed by atoms with Crippen LogP contribution in [0, 0.1) is 5.92 Å². The van der Waals surface area contributed by atoms with Crippen LogP contribution in [-0.4, -0.2) is 25.8 Å². The zero-order chi connectivity index (χ0) is 12.8.